The summed E-state index contributed by atoms with van der Waals surface area (Å²) in [6, 6.07) is 11.7. The highest BCUT2D eigenvalue weighted by Crippen LogP contribution is 2.31. The van der Waals surface area contributed by atoms with E-state index in [0.717, 1.165) is 48.6 Å². The zero-order valence-corrected chi connectivity index (χ0v) is 22.1. The van der Waals surface area contributed by atoms with E-state index in [2.05, 4.69) is 27.4 Å². The van der Waals surface area contributed by atoms with Gasteiger partial charge in [0.05, 0.1) is 18.7 Å². The maximum atomic E-state index is 11.2. The smallest absolute Gasteiger partial charge is 0.161 e. The van der Waals surface area contributed by atoms with Gasteiger partial charge in [-0.25, -0.2) is 4.98 Å². The van der Waals surface area contributed by atoms with Crippen molar-refractivity contribution >= 4 is 11.6 Å². The minimum absolute atomic E-state index is 0.208. The number of likely N-dealkylation sites (tertiary alicyclic amines) is 1. The van der Waals surface area contributed by atoms with Crippen LogP contribution in [0.15, 0.2) is 48.8 Å². The number of aryl methyl sites for hydroxylation is 2. The molecule has 7 nitrogen and oxygen atoms in total. The first kappa shape index (κ1) is 26.3. The van der Waals surface area contributed by atoms with Crippen LogP contribution in [0.4, 0.5) is 0 Å². The Kier molecular flexibility index (Phi) is 8.77. The van der Waals surface area contributed by atoms with Gasteiger partial charge in [-0.05, 0) is 61.7 Å². The van der Waals surface area contributed by atoms with E-state index in [1.54, 1.807) is 7.11 Å². The Morgan fingerprint density at radius 3 is 2.78 bits per heavy atom. The number of aliphatic hydroxyl groups is 1. The first-order valence-electron chi connectivity index (χ1n) is 12.5. The van der Waals surface area contributed by atoms with Gasteiger partial charge in [-0.2, -0.15) is 0 Å². The van der Waals surface area contributed by atoms with Gasteiger partial charge in [0.25, 0.3) is 0 Å². The normalized spacial score (nSPS) is 18.2. The Hall–Kier alpha value is -2.74. The molecule has 8 heteroatoms. The van der Waals surface area contributed by atoms with Crippen LogP contribution in [0.2, 0.25) is 5.02 Å². The molecule has 2 aromatic carbocycles. The minimum Gasteiger partial charge on any atom is -0.493 e. The summed E-state index contributed by atoms with van der Waals surface area (Å²) in [6.07, 6.45) is 6.28. The molecule has 1 aromatic heterocycles. The molecule has 36 heavy (non-hydrogen) atoms. The zero-order chi connectivity index (χ0) is 25.5. The zero-order valence-electron chi connectivity index (χ0n) is 21.4. The summed E-state index contributed by atoms with van der Waals surface area (Å²) in [5.41, 5.74) is 1.25. The van der Waals surface area contributed by atoms with E-state index in [1.165, 1.54) is 0 Å². The van der Waals surface area contributed by atoms with E-state index >= 15 is 0 Å². The highest BCUT2D eigenvalue weighted by atomic mass is 35.5. The maximum Gasteiger partial charge on any atom is 0.161 e. The molecule has 0 saturated carbocycles. The third kappa shape index (κ3) is 6.72. The van der Waals surface area contributed by atoms with Gasteiger partial charge in [-0.15, -0.1) is 0 Å². The van der Waals surface area contributed by atoms with Gasteiger partial charge in [0.1, 0.15) is 30.4 Å². The van der Waals surface area contributed by atoms with Crippen molar-refractivity contribution in [3.63, 3.8) is 0 Å². The Morgan fingerprint density at radius 2 is 1.97 bits per heavy atom. The Balaban J connectivity index is 1.33. The molecular weight excluding hydrogens is 478 g/mol. The third-order valence-electron chi connectivity index (χ3n) is 6.56. The summed E-state index contributed by atoms with van der Waals surface area (Å²) >= 11 is 6.26. The highest BCUT2D eigenvalue weighted by molar-refractivity contribution is 6.32. The molecule has 3 aromatic rings. The van der Waals surface area contributed by atoms with E-state index < -0.39 is 5.60 Å². The molecule has 4 rings (SSSR count). The fourth-order valence-corrected chi connectivity index (χ4v) is 4.86. The molecule has 0 spiro atoms. The van der Waals surface area contributed by atoms with Gasteiger partial charge >= 0.3 is 0 Å². The molecule has 1 N–H and O–H groups in total. The number of imidazole rings is 1. The quantitative estimate of drug-likeness (QED) is 0.393. The van der Waals surface area contributed by atoms with E-state index in [4.69, 9.17) is 25.8 Å². The van der Waals surface area contributed by atoms with Crippen LogP contribution in [-0.2, 0) is 19.5 Å². The lowest BCUT2D eigenvalue weighted by Crippen LogP contribution is -2.51. The number of aromatic nitrogens is 2. The molecule has 1 aliphatic rings. The Morgan fingerprint density at radius 1 is 1.11 bits per heavy atom. The van der Waals surface area contributed by atoms with Crippen LogP contribution >= 0.6 is 11.6 Å². The minimum atomic E-state index is -0.927. The summed E-state index contributed by atoms with van der Waals surface area (Å²) in [5.74, 6) is 3.09. The summed E-state index contributed by atoms with van der Waals surface area (Å²) < 4.78 is 19.7. The summed E-state index contributed by atoms with van der Waals surface area (Å²) in [7, 11) is 1.66. The van der Waals surface area contributed by atoms with E-state index in [0.29, 0.717) is 42.6 Å². The van der Waals surface area contributed by atoms with E-state index in [9.17, 15) is 5.11 Å². The molecule has 0 aliphatic carbocycles. The predicted octanol–water partition coefficient (Wildman–Crippen LogP) is 4.90. The largest absolute Gasteiger partial charge is 0.493 e. The van der Waals surface area contributed by atoms with Crippen molar-refractivity contribution in [3.8, 4) is 17.2 Å². The second-order valence-corrected chi connectivity index (χ2v) is 9.89. The molecule has 1 atom stereocenters. The van der Waals surface area contributed by atoms with Crippen LogP contribution in [0.1, 0.15) is 36.7 Å². The van der Waals surface area contributed by atoms with Gasteiger partial charge < -0.3 is 23.9 Å². The molecule has 1 saturated heterocycles. The van der Waals surface area contributed by atoms with Gasteiger partial charge in [-0.3, -0.25) is 4.90 Å². The average molecular weight is 514 g/mol. The number of β-amino-alcohol motifs (C(OH)–C–C–N with tert-alkyl or cyclic N) is 1. The number of hydrogen-bond donors (Lipinski definition) is 1. The topological polar surface area (TPSA) is 69.0 Å². The lowest BCUT2D eigenvalue weighted by atomic mass is 9.93. The fourth-order valence-electron chi connectivity index (χ4n) is 4.69. The summed E-state index contributed by atoms with van der Waals surface area (Å²) in [6.45, 7) is 7.71. The molecule has 0 unspecified atom stereocenters. The van der Waals surface area contributed by atoms with Gasteiger partial charge in [0.15, 0.2) is 11.5 Å². The average Bonchev–Trinajstić information content (AvgIpc) is 3.33. The SMILES string of the molecule is CCc1nccn1CCOc1ccc(CN2CCC[C@@](O)(COc3cc(C)ccc3Cl)C2)cc1OC. The number of piperidine rings is 1. The molecule has 194 valence electrons. The van der Waals surface area contributed by atoms with Crippen LogP contribution in [0.25, 0.3) is 0 Å². The van der Waals surface area contributed by atoms with Crippen LogP contribution in [0.5, 0.6) is 17.2 Å². The van der Waals surface area contributed by atoms with Gasteiger partial charge in [-0.1, -0.05) is 30.7 Å². The van der Waals surface area contributed by atoms with Crippen LogP contribution in [0, 0.1) is 6.92 Å². The number of ether oxygens (including phenoxy) is 3. The summed E-state index contributed by atoms with van der Waals surface area (Å²) in [4.78, 5) is 6.61. The fraction of sp³-hybridized carbons (Fsp3) is 0.464. The maximum absolute atomic E-state index is 11.2. The second kappa shape index (κ2) is 12.0. The molecule has 1 fully saturated rings. The van der Waals surface area contributed by atoms with E-state index in [-0.39, 0.29) is 6.61 Å². The van der Waals surface area contributed by atoms with E-state index in [1.807, 2.05) is 49.6 Å². The van der Waals surface area contributed by atoms with Crippen molar-refractivity contribution in [2.75, 3.05) is 33.4 Å². The summed E-state index contributed by atoms with van der Waals surface area (Å²) in [5, 5.41) is 11.8. The number of benzene rings is 2. The number of nitrogens with zero attached hydrogens (tertiary/aromatic N) is 3. The predicted molar refractivity (Wildman–Crippen MR) is 141 cm³/mol. The van der Waals surface area contributed by atoms with Crippen molar-refractivity contribution < 1.29 is 19.3 Å². The van der Waals surface area contributed by atoms with Gasteiger partial charge in [0.2, 0.25) is 0 Å². The van der Waals surface area contributed by atoms with Crippen molar-refractivity contribution in [2.45, 2.75) is 51.8 Å². The monoisotopic (exact) mass is 513 g/mol. The van der Waals surface area contributed by atoms with Crippen LogP contribution < -0.4 is 14.2 Å². The van der Waals surface area contributed by atoms with Gasteiger partial charge in [0, 0.05) is 31.9 Å². The van der Waals surface area contributed by atoms with Crippen molar-refractivity contribution in [1.82, 2.24) is 14.5 Å². The second-order valence-electron chi connectivity index (χ2n) is 9.49. The highest BCUT2D eigenvalue weighted by Gasteiger charge is 2.34. The molecule has 0 radical (unpaired) electrons. The van der Waals surface area contributed by atoms with Crippen molar-refractivity contribution in [2.24, 2.45) is 0 Å². The first-order valence-corrected chi connectivity index (χ1v) is 12.9. The standard InChI is InChI=1S/C28H36ClN3O4/c1-4-27-30-11-13-32(27)14-15-35-24-9-7-22(17-26(24)34-3)18-31-12-5-10-28(33,19-31)20-36-25-16-21(2)6-8-23(25)29/h6-9,11,13,16-17,33H,4-5,10,12,14-15,18-20H2,1-3H3/t28-/m0/s1. The van der Waals surface area contributed by atoms with Crippen LogP contribution in [0.3, 0.4) is 0 Å². The number of hydrogen-bond acceptors (Lipinski definition) is 6. The third-order valence-corrected chi connectivity index (χ3v) is 6.87. The molecule has 0 amide bonds. The number of methoxy groups -OCH3 is 1. The molecular formula is C28H36ClN3O4. The Labute approximate surface area is 218 Å². The van der Waals surface area contributed by atoms with Crippen LogP contribution in [-0.4, -0.2) is 58.6 Å². The first-order chi connectivity index (χ1) is 17.4. The molecule has 1 aliphatic heterocycles. The van der Waals surface area contributed by atoms with Crippen molar-refractivity contribution in [1.29, 1.82) is 0 Å². The molecule has 0 bridgehead atoms. The van der Waals surface area contributed by atoms with Crippen molar-refractivity contribution in [3.05, 3.63) is 70.8 Å². The number of halogens is 1. The number of rotatable bonds is 11. The lowest BCUT2D eigenvalue weighted by molar-refractivity contribution is -0.0621. The lowest BCUT2D eigenvalue weighted by Gasteiger charge is -2.39. The Bertz CT molecular complexity index is 1150. The molecule has 2 heterocycles.